The number of hydrogen-bond donors (Lipinski definition) is 2. The zero-order valence-electron chi connectivity index (χ0n) is 12.9. The highest BCUT2D eigenvalue weighted by Crippen LogP contribution is 2.30. The fourth-order valence-electron chi connectivity index (χ4n) is 1.74. The van der Waals surface area contributed by atoms with E-state index < -0.39 is 17.8 Å². The topological polar surface area (TPSA) is 63.2 Å². The minimum Gasteiger partial charge on any atom is -0.479 e. The molecule has 0 fully saturated rings. The summed E-state index contributed by atoms with van der Waals surface area (Å²) < 4.78 is 43.0. The number of nitrogens with zero attached hydrogens (tertiary/aromatic N) is 1. The first-order valence-electron chi connectivity index (χ1n) is 7.16. The molecule has 0 aliphatic rings. The molecular weight excluding hydrogens is 335 g/mol. The Morgan fingerprint density at radius 3 is 2.76 bits per heavy atom. The first-order valence-corrected chi connectivity index (χ1v) is 7.16. The van der Waals surface area contributed by atoms with Crippen LogP contribution in [0.5, 0.6) is 5.75 Å². The summed E-state index contributed by atoms with van der Waals surface area (Å²) in [5.74, 6) is 5.93. The maximum absolute atomic E-state index is 12.6. The van der Waals surface area contributed by atoms with E-state index in [9.17, 15) is 18.0 Å². The molecule has 5 nitrogen and oxygen atoms in total. The average Bonchev–Trinajstić information content (AvgIpc) is 2.58. The molecule has 2 aromatic rings. The Hall–Kier alpha value is -3.21. The summed E-state index contributed by atoms with van der Waals surface area (Å²) >= 11 is 0. The molecule has 2 N–H and O–H groups in total. The summed E-state index contributed by atoms with van der Waals surface area (Å²) in [6.45, 7) is 0.157. The smallest absolute Gasteiger partial charge is 0.416 e. The Morgan fingerprint density at radius 2 is 2.04 bits per heavy atom. The Labute approximate surface area is 142 Å². The molecule has 0 aliphatic carbocycles. The standard InChI is InChI=1S/C17H14F3N3O2/c18-17(19,20)13-5-3-6-14(11-13)23-16(24)22-9-1-2-10-25-15-7-4-8-21-12-15/h3-8,11-12H,9-10H2,(H2,22,23,24). The highest BCUT2D eigenvalue weighted by Gasteiger charge is 2.30. The van der Waals surface area contributed by atoms with Gasteiger partial charge < -0.3 is 15.4 Å². The Bertz CT molecular complexity index is 768. The van der Waals surface area contributed by atoms with E-state index in [-0.39, 0.29) is 18.8 Å². The molecule has 2 amide bonds. The van der Waals surface area contributed by atoms with Gasteiger partial charge in [-0.1, -0.05) is 17.9 Å². The number of rotatable bonds is 4. The zero-order valence-corrected chi connectivity index (χ0v) is 12.9. The molecule has 2 rings (SSSR count). The number of carbonyl (C=O) groups excluding carboxylic acids is 1. The number of aromatic nitrogens is 1. The van der Waals surface area contributed by atoms with E-state index in [1.165, 1.54) is 12.1 Å². The van der Waals surface area contributed by atoms with Gasteiger partial charge in [0.05, 0.1) is 18.3 Å². The van der Waals surface area contributed by atoms with Crippen LogP contribution in [-0.4, -0.2) is 24.2 Å². The van der Waals surface area contributed by atoms with Crippen LogP contribution in [0.15, 0.2) is 48.8 Å². The molecule has 0 aliphatic heterocycles. The molecule has 0 unspecified atom stereocenters. The molecule has 0 radical (unpaired) electrons. The van der Waals surface area contributed by atoms with Gasteiger partial charge in [0, 0.05) is 11.9 Å². The first kappa shape index (κ1) is 18.1. The number of nitrogens with one attached hydrogen (secondary N) is 2. The van der Waals surface area contributed by atoms with Crippen molar-refractivity contribution in [1.29, 1.82) is 0 Å². The van der Waals surface area contributed by atoms with Crippen molar-refractivity contribution in [2.45, 2.75) is 6.18 Å². The number of hydrogen-bond acceptors (Lipinski definition) is 3. The van der Waals surface area contributed by atoms with Gasteiger partial charge in [-0.3, -0.25) is 4.98 Å². The summed E-state index contributed by atoms with van der Waals surface area (Å²) in [4.78, 5) is 15.5. The molecule has 1 heterocycles. The second-order valence-corrected chi connectivity index (χ2v) is 4.72. The number of alkyl halides is 3. The first-order chi connectivity index (χ1) is 11.9. The maximum Gasteiger partial charge on any atom is 0.416 e. The van der Waals surface area contributed by atoms with E-state index in [0.717, 1.165) is 12.1 Å². The van der Waals surface area contributed by atoms with Gasteiger partial charge in [-0.15, -0.1) is 0 Å². The molecule has 8 heteroatoms. The Balaban J connectivity index is 1.74. The highest BCUT2D eigenvalue weighted by molar-refractivity contribution is 5.89. The van der Waals surface area contributed by atoms with Gasteiger partial charge in [-0.2, -0.15) is 13.2 Å². The lowest BCUT2D eigenvalue weighted by atomic mass is 10.2. The zero-order chi connectivity index (χ0) is 18.1. The van der Waals surface area contributed by atoms with Gasteiger partial charge in [0.15, 0.2) is 0 Å². The lowest BCUT2D eigenvalue weighted by Gasteiger charge is -2.09. The summed E-state index contributed by atoms with van der Waals surface area (Å²) in [5, 5.41) is 4.73. The molecule has 0 saturated carbocycles. The predicted molar refractivity (Wildman–Crippen MR) is 86.0 cm³/mol. The van der Waals surface area contributed by atoms with Crippen molar-refractivity contribution in [3.05, 3.63) is 54.4 Å². The molecule has 130 valence electrons. The van der Waals surface area contributed by atoms with Gasteiger partial charge in [-0.25, -0.2) is 4.79 Å². The van der Waals surface area contributed by atoms with Crippen LogP contribution in [0.3, 0.4) is 0 Å². The molecule has 0 bridgehead atoms. The van der Waals surface area contributed by atoms with Crippen molar-refractivity contribution in [2.75, 3.05) is 18.5 Å². The van der Waals surface area contributed by atoms with E-state index in [2.05, 4.69) is 27.5 Å². The van der Waals surface area contributed by atoms with E-state index >= 15 is 0 Å². The molecule has 1 aromatic heterocycles. The SMILES string of the molecule is O=C(NCC#CCOc1cccnc1)Nc1cccc(C(F)(F)F)c1. The number of anilines is 1. The van der Waals surface area contributed by atoms with E-state index in [1.54, 1.807) is 24.5 Å². The van der Waals surface area contributed by atoms with Crippen LogP contribution < -0.4 is 15.4 Å². The van der Waals surface area contributed by atoms with Crippen molar-refractivity contribution in [2.24, 2.45) is 0 Å². The van der Waals surface area contributed by atoms with Crippen molar-refractivity contribution < 1.29 is 22.7 Å². The van der Waals surface area contributed by atoms with Crippen LogP contribution in [0, 0.1) is 11.8 Å². The van der Waals surface area contributed by atoms with Crippen molar-refractivity contribution in [1.82, 2.24) is 10.3 Å². The second-order valence-electron chi connectivity index (χ2n) is 4.72. The summed E-state index contributed by atoms with van der Waals surface area (Å²) in [6, 6.07) is 7.17. The summed E-state index contributed by atoms with van der Waals surface area (Å²) in [7, 11) is 0. The molecule has 25 heavy (non-hydrogen) atoms. The summed E-state index contributed by atoms with van der Waals surface area (Å²) in [6.07, 6.45) is -1.30. The predicted octanol–water partition coefficient (Wildman–Crippen LogP) is 3.30. The largest absolute Gasteiger partial charge is 0.479 e. The Kier molecular flexibility index (Phi) is 6.23. The normalized spacial score (nSPS) is 10.4. The molecule has 1 aromatic carbocycles. The number of urea groups is 1. The lowest BCUT2D eigenvalue weighted by Crippen LogP contribution is -2.29. The number of halogens is 3. The number of amides is 2. The maximum atomic E-state index is 12.6. The van der Waals surface area contributed by atoms with Gasteiger partial charge in [0.2, 0.25) is 0 Å². The van der Waals surface area contributed by atoms with Crippen LogP contribution in [0.25, 0.3) is 0 Å². The highest BCUT2D eigenvalue weighted by atomic mass is 19.4. The molecule has 0 saturated heterocycles. The molecule has 0 atom stereocenters. The number of pyridine rings is 1. The van der Waals surface area contributed by atoms with Crippen LogP contribution in [-0.2, 0) is 6.18 Å². The monoisotopic (exact) mass is 349 g/mol. The molecule has 0 spiro atoms. The number of benzene rings is 1. The third-order valence-electron chi connectivity index (χ3n) is 2.86. The number of ether oxygens (including phenoxy) is 1. The van der Waals surface area contributed by atoms with Crippen LogP contribution in [0.4, 0.5) is 23.7 Å². The quantitative estimate of drug-likeness (QED) is 0.833. The van der Waals surface area contributed by atoms with Gasteiger partial charge in [-0.05, 0) is 30.3 Å². The minimum atomic E-state index is -4.46. The van der Waals surface area contributed by atoms with Gasteiger partial charge in [0.25, 0.3) is 0 Å². The average molecular weight is 349 g/mol. The van der Waals surface area contributed by atoms with Crippen molar-refractivity contribution >= 4 is 11.7 Å². The third kappa shape index (κ3) is 6.43. The summed E-state index contributed by atoms with van der Waals surface area (Å²) in [5.41, 5.74) is -0.794. The fourth-order valence-corrected chi connectivity index (χ4v) is 1.74. The third-order valence-corrected chi connectivity index (χ3v) is 2.86. The fraction of sp³-hybridized carbons (Fsp3) is 0.176. The minimum absolute atomic E-state index is 0.0290. The van der Waals surface area contributed by atoms with E-state index in [0.29, 0.717) is 5.75 Å². The van der Waals surface area contributed by atoms with Crippen molar-refractivity contribution in [3.63, 3.8) is 0 Å². The van der Waals surface area contributed by atoms with Crippen LogP contribution in [0.1, 0.15) is 5.56 Å². The second kappa shape index (κ2) is 8.59. The van der Waals surface area contributed by atoms with E-state index in [1.807, 2.05) is 0 Å². The lowest BCUT2D eigenvalue weighted by molar-refractivity contribution is -0.137. The van der Waals surface area contributed by atoms with Crippen molar-refractivity contribution in [3.8, 4) is 17.6 Å². The molecular formula is C17H14F3N3O2. The van der Waals surface area contributed by atoms with Gasteiger partial charge in [0.1, 0.15) is 12.4 Å². The Morgan fingerprint density at radius 1 is 1.20 bits per heavy atom. The van der Waals surface area contributed by atoms with Gasteiger partial charge >= 0.3 is 12.2 Å². The number of carbonyl (C=O) groups is 1. The van der Waals surface area contributed by atoms with E-state index in [4.69, 9.17) is 4.74 Å². The van der Waals surface area contributed by atoms with Crippen LogP contribution in [0.2, 0.25) is 0 Å². The van der Waals surface area contributed by atoms with Crippen LogP contribution >= 0.6 is 0 Å².